The maximum atomic E-state index is 11.8. The smallest absolute Gasteiger partial charge is 0.391 e. The van der Waals surface area contributed by atoms with Gasteiger partial charge in [-0.05, 0) is 44.1 Å². The van der Waals surface area contributed by atoms with Gasteiger partial charge in [-0.1, -0.05) is 6.07 Å². The van der Waals surface area contributed by atoms with E-state index in [-0.39, 0.29) is 11.5 Å². The predicted molar refractivity (Wildman–Crippen MR) is 76.3 cm³/mol. The predicted octanol–water partition coefficient (Wildman–Crippen LogP) is 2.08. The number of hydrogen-bond acceptors (Lipinski definition) is 5. The van der Waals surface area contributed by atoms with Gasteiger partial charge in [0, 0.05) is 24.3 Å². The van der Waals surface area contributed by atoms with Crippen LogP contribution in [0.5, 0.6) is 0 Å². The Morgan fingerprint density at radius 3 is 2.86 bits per heavy atom. The van der Waals surface area contributed by atoms with Gasteiger partial charge in [-0.2, -0.15) is 0 Å². The lowest BCUT2D eigenvalue weighted by Gasteiger charge is -2.41. The number of Topliss-reactive ketones (excluding diaryl/α,β-unsaturated/α-hetero) is 1. The summed E-state index contributed by atoms with van der Waals surface area (Å²) in [6, 6.07) is 5.98. The molecule has 1 aliphatic carbocycles. The van der Waals surface area contributed by atoms with Crippen molar-refractivity contribution in [2.75, 3.05) is 13.6 Å². The highest BCUT2D eigenvalue weighted by Gasteiger charge is 2.50. The maximum absolute atomic E-state index is 11.8. The van der Waals surface area contributed by atoms with Crippen LogP contribution in [0, 0.1) is 0 Å². The van der Waals surface area contributed by atoms with Crippen LogP contribution in [0.4, 0.5) is 0 Å². The quantitative estimate of drug-likeness (QED) is 0.803. The molecule has 0 N–H and O–H groups in total. The molecule has 5 heteroatoms. The van der Waals surface area contributed by atoms with Crippen LogP contribution in [-0.4, -0.2) is 30.3 Å². The molecule has 2 fully saturated rings. The Hall–Kier alpha value is -1.88. The van der Waals surface area contributed by atoms with Crippen molar-refractivity contribution < 1.29 is 13.6 Å². The van der Waals surface area contributed by atoms with Gasteiger partial charge in [0.15, 0.2) is 11.2 Å². The maximum Gasteiger partial charge on any atom is 0.519 e. The molecule has 4 rings (SSSR count). The highest BCUT2D eigenvalue weighted by Crippen LogP contribution is 2.47. The van der Waals surface area contributed by atoms with Crippen molar-refractivity contribution >= 4 is 16.9 Å². The summed E-state index contributed by atoms with van der Waals surface area (Å²) in [5.74, 6) is -0.321. The van der Waals surface area contributed by atoms with E-state index in [9.17, 15) is 9.59 Å². The third-order valence-electron chi connectivity index (χ3n) is 5.26. The van der Waals surface area contributed by atoms with Crippen molar-refractivity contribution in [2.24, 2.45) is 0 Å². The number of rotatable bonds is 1. The standard InChI is InChI=1S/C16H17NO4/c1-17-7-6-16(5-4-11(18)9-14(16)17)10-2-3-12-13(8-10)21-15(19)20-12/h2-3,8,14H,4-7,9H2,1H3/t14-,16-/m0/s1. The summed E-state index contributed by atoms with van der Waals surface area (Å²) in [6.07, 6.45) is 3.16. The average Bonchev–Trinajstić information content (AvgIpc) is 2.99. The molecule has 2 heterocycles. The Kier molecular flexibility index (Phi) is 2.63. The highest BCUT2D eigenvalue weighted by molar-refractivity contribution is 5.81. The van der Waals surface area contributed by atoms with Gasteiger partial charge in [-0.25, -0.2) is 4.79 Å². The van der Waals surface area contributed by atoms with Crippen LogP contribution in [0.3, 0.4) is 0 Å². The van der Waals surface area contributed by atoms with Crippen LogP contribution >= 0.6 is 0 Å². The summed E-state index contributed by atoms with van der Waals surface area (Å²) in [5.41, 5.74) is 2.13. The topological polar surface area (TPSA) is 63.7 Å². The molecule has 110 valence electrons. The summed E-state index contributed by atoms with van der Waals surface area (Å²) in [7, 11) is 2.08. The molecule has 1 saturated heterocycles. The third kappa shape index (κ3) is 1.80. The van der Waals surface area contributed by atoms with E-state index in [1.165, 1.54) is 0 Å². The Labute approximate surface area is 121 Å². The van der Waals surface area contributed by atoms with Crippen molar-refractivity contribution in [3.05, 3.63) is 34.4 Å². The molecule has 0 unspecified atom stereocenters. The summed E-state index contributed by atoms with van der Waals surface area (Å²) in [5, 5.41) is 0. The first-order valence-corrected chi connectivity index (χ1v) is 7.35. The lowest BCUT2D eigenvalue weighted by Crippen LogP contribution is -2.46. The number of carbonyl (C=O) groups excluding carboxylic acids is 1. The lowest BCUT2D eigenvalue weighted by molar-refractivity contribution is -0.122. The molecule has 2 atom stereocenters. The second-order valence-corrected chi connectivity index (χ2v) is 6.26. The highest BCUT2D eigenvalue weighted by atomic mass is 16.6. The Bertz CT molecular complexity index is 774. The number of nitrogens with zero attached hydrogens (tertiary/aromatic N) is 1. The first kappa shape index (κ1) is 12.8. The minimum Gasteiger partial charge on any atom is -0.391 e. The van der Waals surface area contributed by atoms with E-state index in [2.05, 4.69) is 11.9 Å². The van der Waals surface area contributed by atoms with Crippen molar-refractivity contribution in [3.8, 4) is 0 Å². The van der Waals surface area contributed by atoms with E-state index in [1.807, 2.05) is 12.1 Å². The molecular formula is C16H17NO4. The van der Waals surface area contributed by atoms with E-state index in [4.69, 9.17) is 8.83 Å². The first-order valence-electron chi connectivity index (χ1n) is 7.35. The van der Waals surface area contributed by atoms with E-state index in [0.29, 0.717) is 29.8 Å². The number of ketones is 1. The van der Waals surface area contributed by atoms with Gasteiger partial charge in [0.25, 0.3) is 0 Å². The zero-order chi connectivity index (χ0) is 14.6. The summed E-state index contributed by atoms with van der Waals surface area (Å²) >= 11 is 0. The molecule has 1 aromatic carbocycles. The number of benzene rings is 1. The minimum absolute atomic E-state index is 0.00725. The van der Waals surface area contributed by atoms with Crippen molar-refractivity contribution in [1.82, 2.24) is 4.90 Å². The van der Waals surface area contributed by atoms with Gasteiger partial charge in [-0.3, -0.25) is 4.79 Å². The van der Waals surface area contributed by atoms with Gasteiger partial charge in [0.2, 0.25) is 0 Å². The van der Waals surface area contributed by atoms with Gasteiger partial charge < -0.3 is 13.7 Å². The summed E-state index contributed by atoms with van der Waals surface area (Å²) in [4.78, 5) is 25.3. The van der Waals surface area contributed by atoms with Crippen LogP contribution in [-0.2, 0) is 10.2 Å². The largest absolute Gasteiger partial charge is 0.519 e. The third-order valence-corrected chi connectivity index (χ3v) is 5.26. The molecule has 0 spiro atoms. The Morgan fingerprint density at radius 1 is 1.19 bits per heavy atom. The van der Waals surface area contributed by atoms with E-state index >= 15 is 0 Å². The van der Waals surface area contributed by atoms with E-state index in [0.717, 1.165) is 24.9 Å². The average molecular weight is 287 g/mol. The fourth-order valence-electron chi connectivity index (χ4n) is 4.11. The zero-order valence-corrected chi connectivity index (χ0v) is 11.9. The normalized spacial score (nSPS) is 30.0. The molecule has 0 radical (unpaired) electrons. The fraction of sp³-hybridized carbons (Fsp3) is 0.500. The van der Waals surface area contributed by atoms with Crippen LogP contribution in [0.15, 0.2) is 31.8 Å². The monoisotopic (exact) mass is 287 g/mol. The van der Waals surface area contributed by atoms with Gasteiger partial charge in [0.1, 0.15) is 5.78 Å². The van der Waals surface area contributed by atoms with Crippen LogP contribution in [0.1, 0.15) is 31.2 Å². The number of likely N-dealkylation sites (tertiary alicyclic amines) is 1. The van der Waals surface area contributed by atoms with Gasteiger partial charge in [0.05, 0.1) is 0 Å². The molecule has 1 saturated carbocycles. The molecule has 1 aromatic heterocycles. The molecule has 0 bridgehead atoms. The van der Waals surface area contributed by atoms with Gasteiger partial charge >= 0.3 is 5.82 Å². The van der Waals surface area contributed by atoms with Crippen molar-refractivity contribution in [1.29, 1.82) is 0 Å². The van der Waals surface area contributed by atoms with Gasteiger partial charge in [-0.15, -0.1) is 0 Å². The zero-order valence-electron chi connectivity index (χ0n) is 11.9. The number of likely N-dealkylation sites (N-methyl/N-ethyl adjacent to an activating group) is 1. The molecule has 2 aliphatic rings. The fourth-order valence-corrected chi connectivity index (χ4v) is 4.11. The van der Waals surface area contributed by atoms with Crippen LogP contribution < -0.4 is 5.82 Å². The number of fused-ring (bicyclic) bond motifs is 2. The molecular weight excluding hydrogens is 270 g/mol. The van der Waals surface area contributed by atoms with E-state index in [1.54, 1.807) is 6.07 Å². The molecule has 0 amide bonds. The van der Waals surface area contributed by atoms with Crippen LogP contribution in [0.25, 0.3) is 11.2 Å². The second-order valence-electron chi connectivity index (χ2n) is 6.26. The first-order chi connectivity index (χ1) is 10.1. The number of carbonyl (C=O) groups is 1. The molecule has 2 aromatic rings. The lowest BCUT2D eigenvalue weighted by atomic mass is 9.66. The second kappa shape index (κ2) is 4.31. The Balaban J connectivity index is 1.84. The Morgan fingerprint density at radius 2 is 2.00 bits per heavy atom. The SMILES string of the molecule is CN1CC[C@]2(c3ccc4oc(=O)oc4c3)CCC(=O)C[C@H]12. The van der Waals surface area contributed by atoms with Crippen molar-refractivity contribution in [2.45, 2.75) is 37.1 Å². The summed E-state index contributed by atoms with van der Waals surface area (Å²) in [6.45, 7) is 0.991. The number of hydrogen-bond donors (Lipinski definition) is 0. The van der Waals surface area contributed by atoms with Crippen LogP contribution in [0.2, 0.25) is 0 Å². The molecule has 5 nitrogen and oxygen atoms in total. The van der Waals surface area contributed by atoms with Crippen molar-refractivity contribution in [3.63, 3.8) is 0 Å². The summed E-state index contributed by atoms with van der Waals surface area (Å²) < 4.78 is 10.1. The minimum atomic E-state index is -0.668. The van der Waals surface area contributed by atoms with E-state index < -0.39 is 5.82 Å². The molecule has 1 aliphatic heterocycles. The molecule has 21 heavy (non-hydrogen) atoms.